The van der Waals surface area contributed by atoms with Crippen LogP contribution in [0.25, 0.3) is 0 Å². The molecule has 6 nitrogen and oxygen atoms in total. The molecule has 0 bridgehead atoms. The van der Waals surface area contributed by atoms with Gasteiger partial charge < -0.3 is 10.1 Å². The minimum absolute atomic E-state index is 0.00719. The van der Waals surface area contributed by atoms with Gasteiger partial charge in [0.15, 0.2) is 0 Å². The number of hydrogen-bond acceptors (Lipinski definition) is 4. The smallest absolute Gasteiger partial charge is 0.407 e. The summed E-state index contributed by atoms with van der Waals surface area (Å²) in [4.78, 5) is 21.5. The maximum absolute atomic E-state index is 12.7. The minimum Gasteiger partial charge on any atom is -0.445 e. The molecule has 2 aromatic carbocycles. The molecule has 22 heavy (non-hydrogen) atoms. The number of carbonyl (C=O) groups is 1. The molecule has 0 saturated carbocycles. The number of non-ortho nitro benzene ring substituents is 1. The molecular weight excluding hydrogens is 291 g/mol. The van der Waals surface area contributed by atoms with Crippen LogP contribution >= 0.6 is 0 Å². The van der Waals surface area contributed by atoms with Gasteiger partial charge in [-0.05, 0) is 35.4 Å². The molecule has 1 N–H and O–H groups in total. The van der Waals surface area contributed by atoms with Crippen LogP contribution in [0.4, 0.5) is 14.9 Å². The van der Waals surface area contributed by atoms with Gasteiger partial charge in [0.2, 0.25) is 0 Å². The van der Waals surface area contributed by atoms with Crippen LogP contribution in [-0.2, 0) is 17.9 Å². The maximum atomic E-state index is 12.7. The molecule has 0 fully saturated rings. The third kappa shape index (κ3) is 4.55. The SMILES string of the molecule is O=C(NCc1ccc(F)cc1)OCc1ccc([N+](=O)[O-])cc1. The van der Waals surface area contributed by atoms with Crippen molar-refractivity contribution < 1.29 is 18.8 Å². The topological polar surface area (TPSA) is 81.5 Å². The van der Waals surface area contributed by atoms with Crippen molar-refractivity contribution in [1.29, 1.82) is 0 Å². The predicted octanol–water partition coefficient (Wildman–Crippen LogP) is 3.16. The zero-order valence-electron chi connectivity index (χ0n) is 11.5. The summed E-state index contributed by atoms with van der Waals surface area (Å²) in [5.74, 6) is -0.343. The van der Waals surface area contributed by atoms with Crippen LogP contribution in [-0.4, -0.2) is 11.0 Å². The van der Waals surface area contributed by atoms with E-state index < -0.39 is 11.0 Å². The summed E-state index contributed by atoms with van der Waals surface area (Å²) in [6, 6.07) is 11.5. The van der Waals surface area contributed by atoms with E-state index in [0.717, 1.165) is 5.56 Å². The van der Waals surface area contributed by atoms with Gasteiger partial charge in [0.05, 0.1) is 4.92 Å². The number of alkyl carbamates (subject to hydrolysis) is 1. The van der Waals surface area contributed by atoms with Gasteiger partial charge in [0, 0.05) is 18.7 Å². The number of carbonyl (C=O) groups excluding carboxylic acids is 1. The second-order valence-corrected chi connectivity index (χ2v) is 4.48. The number of benzene rings is 2. The molecule has 1 amide bonds. The number of nitro benzene ring substituents is 1. The number of nitrogens with zero attached hydrogens (tertiary/aromatic N) is 1. The summed E-state index contributed by atoms with van der Waals surface area (Å²) in [7, 11) is 0. The van der Waals surface area contributed by atoms with Crippen molar-refractivity contribution in [3.63, 3.8) is 0 Å². The number of amides is 1. The van der Waals surface area contributed by atoms with E-state index in [2.05, 4.69) is 5.32 Å². The Morgan fingerprint density at radius 1 is 1.09 bits per heavy atom. The first-order valence-electron chi connectivity index (χ1n) is 6.43. The molecule has 7 heteroatoms. The minimum atomic E-state index is -0.623. The average Bonchev–Trinajstić information content (AvgIpc) is 2.52. The Morgan fingerprint density at radius 3 is 2.27 bits per heavy atom. The van der Waals surface area contributed by atoms with Gasteiger partial charge in [-0.25, -0.2) is 9.18 Å². The molecule has 0 spiro atoms. The predicted molar refractivity (Wildman–Crippen MR) is 76.5 cm³/mol. The highest BCUT2D eigenvalue weighted by molar-refractivity contribution is 5.67. The molecule has 0 aromatic heterocycles. The molecule has 0 unspecified atom stereocenters. The molecule has 2 aromatic rings. The third-order valence-corrected chi connectivity index (χ3v) is 2.87. The van der Waals surface area contributed by atoms with Crippen molar-refractivity contribution in [2.45, 2.75) is 13.2 Å². The van der Waals surface area contributed by atoms with Gasteiger partial charge in [0.25, 0.3) is 5.69 Å². The quantitative estimate of drug-likeness (QED) is 0.679. The van der Waals surface area contributed by atoms with Crippen LogP contribution in [0.15, 0.2) is 48.5 Å². The zero-order chi connectivity index (χ0) is 15.9. The first-order chi connectivity index (χ1) is 10.5. The van der Waals surface area contributed by atoms with Gasteiger partial charge in [-0.3, -0.25) is 10.1 Å². The summed E-state index contributed by atoms with van der Waals surface area (Å²) in [5.41, 5.74) is 1.36. The first-order valence-corrected chi connectivity index (χ1v) is 6.43. The third-order valence-electron chi connectivity index (χ3n) is 2.87. The molecule has 0 saturated heterocycles. The van der Waals surface area contributed by atoms with E-state index in [1.807, 2.05) is 0 Å². The number of halogens is 1. The summed E-state index contributed by atoms with van der Waals surface area (Å²) in [6.07, 6.45) is -0.623. The van der Waals surface area contributed by atoms with Gasteiger partial charge in [-0.15, -0.1) is 0 Å². The number of rotatable bonds is 5. The van der Waals surface area contributed by atoms with Gasteiger partial charge >= 0.3 is 6.09 Å². The lowest BCUT2D eigenvalue weighted by Crippen LogP contribution is -2.23. The van der Waals surface area contributed by atoms with E-state index >= 15 is 0 Å². The van der Waals surface area contributed by atoms with Crippen molar-refractivity contribution in [3.05, 3.63) is 75.6 Å². The van der Waals surface area contributed by atoms with Gasteiger partial charge in [-0.1, -0.05) is 12.1 Å². The number of hydrogen-bond donors (Lipinski definition) is 1. The fourth-order valence-corrected chi connectivity index (χ4v) is 1.69. The summed E-state index contributed by atoms with van der Waals surface area (Å²) >= 11 is 0. The molecule has 0 heterocycles. The maximum Gasteiger partial charge on any atom is 0.407 e. The van der Waals surface area contributed by atoms with Crippen molar-refractivity contribution in [3.8, 4) is 0 Å². The van der Waals surface area contributed by atoms with Crippen LogP contribution in [0.2, 0.25) is 0 Å². The zero-order valence-corrected chi connectivity index (χ0v) is 11.5. The van der Waals surface area contributed by atoms with Gasteiger partial charge in [0.1, 0.15) is 12.4 Å². The van der Waals surface area contributed by atoms with Crippen LogP contribution in [0.3, 0.4) is 0 Å². The fraction of sp³-hybridized carbons (Fsp3) is 0.133. The first kappa shape index (κ1) is 15.4. The Bertz CT molecular complexity index is 656. The van der Waals surface area contributed by atoms with E-state index in [4.69, 9.17) is 4.74 Å². The van der Waals surface area contributed by atoms with Crippen LogP contribution < -0.4 is 5.32 Å². The van der Waals surface area contributed by atoms with Crippen LogP contribution in [0.5, 0.6) is 0 Å². The van der Waals surface area contributed by atoms with E-state index in [0.29, 0.717) is 5.56 Å². The summed E-state index contributed by atoms with van der Waals surface area (Å²) in [6.45, 7) is 0.229. The number of ether oxygens (including phenoxy) is 1. The van der Waals surface area contributed by atoms with E-state index in [9.17, 15) is 19.3 Å². The van der Waals surface area contributed by atoms with E-state index in [1.165, 1.54) is 36.4 Å². The Hall–Kier alpha value is -2.96. The second kappa shape index (κ2) is 7.16. The highest BCUT2D eigenvalue weighted by Crippen LogP contribution is 2.12. The highest BCUT2D eigenvalue weighted by atomic mass is 19.1. The largest absolute Gasteiger partial charge is 0.445 e. The Kier molecular flexibility index (Phi) is 5.02. The highest BCUT2D eigenvalue weighted by Gasteiger charge is 2.06. The van der Waals surface area contributed by atoms with Crippen LogP contribution in [0, 0.1) is 15.9 Å². The van der Waals surface area contributed by atoms with Crippen molar-refractivity contribution >= 4 is 11.8 Å². The average molecular weight is 304 g/mol. The van der Waals surface area contributed by atoms with Crippen LogP contribution in [0.1, 0.15) is 11.1 Å². The van der Waals surface area contributed by atoms with E-state index in [-0.39, 0.29) is 24.7 Å². The molecule has 0 aliphatic rings. The molecule has 114 valence electrons. The number of nitro groups is 1. The molecule has 0 aliphatic carbocycles. The normalized spacial score (nSPS) is 10.0. The number of nitrogens with one attached hydrogen (secondary N) is 1. The molecular formula is C15H13FN2O4. The molecule has 2 rings (SSSR count). The van der Waals surface area contributed by atoms with Gasteiger partial charge in [-0.2, -0.15) is 0 Å². The lowest BCUT2D eigenvalue weighted by Gasteiger charge is -2.07. The van der Waals surface area contributed by atoms with Crippen molar-refractivity contribution in [2.75, 3.05) is 0 Å². The summed E-state index contributed by atoms with van der Waals surface area (Å²) in [5, 5.41) is 13.0. The molecule has 0 aliphatic heterocycles. The Morgan fingerprint density at radius 2 is 1.68 bits per heavy atom. The second-order valence-electron chi connectivity index (χ2n) is 4.48. The Balaban J connectivity index is 1.77. The lowest BCUT2D eigenvalue weighted by molar-refractivity contribution is -0.384. The standard InChI is InChI=1S/C15H13FN2O4/c16-13-5-1-11(2-6-13)9-17-15(19)22-10-12-3-7-14(8-4-12)18(20)21/h1-8H,9-10H2,(H,17,19). The Labute approximate surface area is 125 Å². The van der Waals surface area contributed by atoms with Crippen molar-refractivity contribution in [1.82, 2.24) is 5.32 Å². The monoisotopic (exact) mass is 304 g/mol. The van der Waals surface area contributed by atoms with Crippen molar-refractivity contribution in [2.24, 2.45) is 0 Å². The molecule has 0 atom stereocenters. The molecule has 0 radical (unpaired) electrons. The fourth-order valence-electron chi connectivity index (χ4n) is 1.69. The summed E-state index contributed by atoms with van der Waals surface area (Å²) < 4.78 is 17.7. The van der Waals surface area contributed by atoms with E-state index in [1.54, 1.807) is 12.1 Å². The lowest BCUT2D eigenvalue weighted by atomic mass is 10.2.